The first-order chi connectivity index (χ1) is 8.47. The van der Waals surface area contributed by atoms with Crippen LogP contribution in [0.25, 0.3) is 0 Å². The Hall–Kier alpha value is -1.95. The van der Waals surface area contributed by atoms with Crippen molar-refractivity contribution in [2.45, 2.75) is 20.3 Å². The van der Waals surface area contributed by atoms with Gasteiger partial charge in [0.25, 0.3) is 0 Å². The SMILES string of the molecule is C/C(CC(=O)Nc1ccc(C)cc1)=N\NC(N)=S. The molecule has 0 unspecified atom stereocenters. The lowest BCUT2D eigenvalue weighted by Crippen LogP contribution is -2.26. The molecule has 0 aliphatic carbocycles. The molecule has 0 saturated carbocycles. The van der Waals surface area contributed by atoms with Crippen molar-refractivity contribution in [3.63, 3.8) is 0 Å². The molecular weight excluding hydrogens is 248 g/mol. The number of thiocarbonyl (C=S) groups is 1. The van der Waals surface area contributed by atoms with Crippen molar-refractivity contribution in [3.8, 4) is 0 Å². The van der Waals surface area contributed by atoms with Crippen LogP contribution in [0.1, 0.15) is 18.9 Å². The van der Waals surface area contributed by atoms with Crippen molar-refractivity contribution in [3.05, 3.63) is 29.8 Å². The molecule has 0 spiro atoms. The van der Waals surface area contributed by atoms with Gasteiger partial charge in [-0.3, -0.25) is 10.2 Å². The molecular formula is C12H16N4OS. The minimum Gasteiger partial charge on any atom is -0.375 e. The molecule has 0 aromatic heterocycles. The molecule has 18 heavy (non-hydrogen) atoms. The molecule has 1 aromatic carbocycles. The summed E-state index contributed by atoms with van der Waals surface area (Å²) in [6.07, 6.45) is 0.184. The second-order valence-corrected chi connectivity index (χ2v) is 4.35. The molecule has 6 heteroatoms. The predicted octanol–water partition coefficient (Wildman–Crippen LogP) is 1.53. The van der Waals surface area contributed by atoms with Gasteiger partial charge in [0.2, 0.25) is 5.91 Å². The predicted molar refractivity (Wildman–Crippen MR) is 77.5 cm³/mol. The topological polar surface area (TPSA) is 79.5 Å². The van der Waals surface area contributed by atoms with Gasteiger partial charge in [-0.2, -0.15) is 5.10 Å². The van der Waals surface area contributed by atoms with Gasteiger partial charge in [-0.15, -0.1) is 0 Å². The highest BCUT2D eigenvalue weighted by molar-refractivity contribution is 7.80. The second-order valence-electron chi connectivity index (χ2n) is 3.91. The molecule has 0 bridgehead atoms. The lowest BCUT2D eigenvalue weighted by atomic mass is 10.2. The maximum absolute atomic E-state index is 11.7. The van der Waals surface area contributed by atoms with Gasteiger partial charge < -0.3 is 11.1 Å². The van der Waals surface area contributed by atoms with Gasteiger partial charge >= 0.3 is 0 Å². The van der Waals surface area contributed by atoms with Crippen molar-refractivity contribution < 1.29 is 4.79 Å². The number of carbonyl (C=O) groups excluding carboxylic acids is 1. The normalized spacial score (nSPS) is 10.9. The monoisotopic (exact) mass is 264 g/mol. The van der Waals surface area contributed by atoms with E-state index in [1.807, 2.05) is 31.2 Å². The number of nitrogens with zero attached hydrogens (tertiary/aromatic N) is 1. The smallest absolute Gasteiger partial charge is 0.230 e. The van der Waals surface area contributed by atoms with E-state index in [1.165, 1.54) is 0 Å². The van der Waals surface area contributed by atoms with Crippen molar-refractivity contribution in [2.75, 3.05) is 5.32 Å². The molecule has 96 valence electrons. The van der Waals surface area contributed by atoms with Crippen LogP contribution in [0.15, 0.2) is 29.4 Å². The molecule has 1 rings (SSSR count). The Bertz CT molecular complexity index is 467. The second kappa shape index (κ2) is 6.70. The molecule has 0 fully saturated rings. The van der Waals surface area contributed by atoms with Crippen LogP contribution in [0.5, 0.6) is 0 Å². The summed E-state index contributed by atoms with van der Waals surface area (Å²) in [5, 5.41) is 6.71. The van der Waals surface area contributed by atoms with E-state index in [4.69, 9.17) is 5.73 Å². The van der Waals surface area contributed by atoms with E-state index in [-0.39, 0.29) is 17.4 Å². The Balaban J connectivity index is 2.49. The van der Waals surface area contributed by atoms with Crippen LogP contribution in [0.3, 0.4) is 0 Å². The van der Waals surface area contributed by atoms with Crippen LogP contribution in [-0.4, -0.2) is 16.7 Å². The molecule has 0 heterocycles. The maximum Gasteiger partial charge on any atom is 0.230 e. The number of benzene rings is 1. The highest BCUT2D eigenvalue weighted by Crippen LogP contribution is 2.08. The lowest BCUT2D eigenvalue weighted by molar-refractivity contribution is -0.115. The van der Waals surface area contributed by atoms with Crippen LogP contribution in [0, 0.1) is 6.92 Å². The van der Waals surface area contributed by atoms with Gasteiger partial charge in [0.15, 0.2) is 5.11 Å². The van der Waals surface area contributed by atoms with Gasteiger partial charge in [0, 0.05) is 11.4 Å². The van der Waals surface area contributed by atoms with Crippen molar-refractivity contribution in [1.82, 2.24) is 5.43 Å². The van der Waals surface area contributed by atoms with Crippen molar-refractivity contribution >= 4 is 34.6 Å². The quantitative estimate of drug-likeness (QED) is 0.438. The Morgan fingerprint density at radius 1 is 1.39 bits per heavy atom. The van der Waals surface area contributed by atoms with Crippen molar-refractivity contribution in [1.29, 1.82) is 0 Å². The van der Waals surface area contributed by atoms with E-state index < -0.39 is 0 Å². The summed E-state index contributed by atoms with van der Waals surface area (Å²) >= 11 is 4.60. The Morgan fingerprint density at radius 3 is 2.56 bits per heavy atom. The van der Waals surface area contributed by atoms with Gasteiger partial charge in [0.05, 0.1) is 6.42 Å². The number of nitrogens with one attached hydrogen (secondary N) is 2. The highest BCUT2D eigenvalue weighted by atomic mass is 32.1. The molecule has 0 aliphatic heterocycles. The summed E-state index contributed by atoms with van der Waals surface area (Å²) < 4.78 is 0. The first-order valence-corrected chi connectivity index (χ1v) is 5.83. The van der Waals surface area contributed by atoms with Crippen LogP contribution >= 0.6 is 12.2 Å². The standard InChI is InChI=1S/C12H16N4OS/c1-8-3-5-10(6-4-8)14-11(17)7-9(2)15-16-12(13)18/h3-6H,7H2,1-2H3,(H,14,17)(H3,13,16,18)/b15-9+. The average molecular weight is 264 g/mol. The molecule has 0 radical (unpaired) electrons. The van der Waals surface area contributed by atoms with Crippen LogP contribution in [0.4, 0.5) is 5.69 Å². The number of hydrogen-bond donors (Lipinski definition) is 3. The summed E-state index contributed by atoms with van der Waals surface area (Å²) in [4.78, 5) is 11.7. The van der Waals surface area contributed by atoms with E-state index in [1.54, 1.807) is 6.92 Å². The van der Waals surface area contributed by atoms with Gasteiger partial charge in [-0.25, -0.2) is 0 Å². The van der Waals surface area contributed by atoms with Crippen LogP contribution < -0.4 is 16.5 Å². The maximum atomic E-state index is 11.7. The number of carbonyl (C=O) groups is 1. The Labute approximate surface area is 111 Å². The zero-order chi connectivity index (χ0) is 13.5. The Morgan fingerprint density at radius 2 is 2.00 bits per heavy atom. The number of aryl methyl sites for hydroxylation is 1. The van der Waals surface area contributed by atoms with Crippen LogP contribution in [-0.2, 0) is 4.79 Å². The fourth-order valence-corrected chi connectivity index (χ4v) is 1.31. The fraction of sp³-hybridized carbons (Fsp3) is 0.250. The van der Waals surface area contributed by atoms with E-state index in [9.17, 15) is 4.79 Å². The zero-order valence-corrected chi connectivity index (χ0v) is 11.2. The number of hydrogen-bond acceptors (Lipinski definition) is 3. The van der Waals surface area contributed by atoms with E-state index in [0.29, 0.717) is 5.71 Å². The molecule has 0 saturated heterocycles. The van der Waals surface area contributed by atoms with Crippen LogP contribution in [0.2, 0.25) is 0 Å². The highest BCUT2D eigenvalue weighted by Gasteiger charge is 2.04. The largest absolute Gasteiger partial charge is 0.375 e. The molecule has 4 N–H and O–H groups in total. The van der Waals surface area contributed by atoms with Gasteiger partial charge in [0.1, 0.15) is 0 Å². The minimum atomic E-state index is -0.134. The number of nitrogens with two attached hydrogens (primary N) is 1. The average Bonchev–Trinajstić information content (AvgIpc) is 2.29. The van der Waals surface area contributed by atoms with E-state index >= 15 is 0 Å². The summed E-state index contributed by atoms with van der Waals surface area (Å²) in [5.41, 5.74) is 10.2. The Kier molecular flexibility index (Phi) is 5.26. The number of anilines is 1. The van der Waals surface area contributed by atoms with Crippen molar-refractivity contribution in [2.24, 2.45) is 10.8 Å². The molecule has 0 aliphatic rings. The minimum absolute atomic E-state index is 0.0771. The first-order valence-electron chi connectivity index (χ1n) is 5.42. The summed E-state index contributed by atoms with van der Waals surface area (Å²) in [7, 11) is 0. The van der Waals surface area contributed by atoms with E-state index in [0.717, 1.165) is 11.3 Å². The third-order valence-corrected chi connectivity index (χ3v) is 2.20. The summed E-state index contributed by atoms with van der Waals surface area (Å²) in [6.45, 7) is 3.71. The number of amides is 1. The van der Waals surface area contributed by atoms with E-state index in [2.05, 4.69) is 28.1 Å². The zero-order valence-electron chi connectivity index (χ0n) is 10.4. The summed E-state index contributed by atoms with van der Waals surface area (Å²) in [6, 6.07) is 7.58. The van der Waals surface area contributed by atoms with Gasteiger partial charge in [-0.1, -0.05) is 17.7 Å². The van der Waals surface area contributed by atoms with Gasteiger partial charge in [-0.05, 0) is 38.2 Å². The fourth-order valence-electron chi connectivity index (χ4n) is 1.26. The third kappa shape index (κ3) is 5.40. The third-order valence-electron chi connectivity index (χ3n) is 2.11. The number of rotatable bonds is 4. The molecule has 1 amide bonds. The molecule has 5 nitrogen and oxygen atoms in total. The lowest BCUT2D eigenvalue weighted by Gasteiger charge is -2.05. The molecule has 1 aromatic rings. The molecule has 0 atom stereocenters. The first kappa shape index (κ1) is 14.1. The number of hydrazone groups is 1. The summed E-state index contributed by atoms with van der Waals surface area (Å²) in [5.74, 6) is -0.134.